The number of aryl methyl sites for hydroxylation is 1. The molecule has 158 valence electrons. The van der Waals surface area contributed by atoms with Crippen LogP contribution in [0.5, 0.6) is 0 Å². The number of carbonyl (C=O) groups excluding carboxylic acids is 3. The lowest BCUT2D eigenvalue weighted by Gasteiger charge is -2.15. The third kappa shape index (κ3) is 3.69. The monoisotopic (exact) mass is 444 g/mol. The van der Waals surface area contributed by atoms with E-state index in [-0.39, 0.29) is 24.1 Å². The fourth-order valence-electron chi connectivity index (χ4n) is 3.46. The van der Waals surface area contributed by atoms with Crippen LogP contribution in [0.25, 0.3) is 11.4 Å². The molecule has 9 heteroatoms. The second kappa shape index (κ2) is 8.20. The van der Waals surface area contributed by atoms with Crippen molar-refractivity contribution in [2.45, 2.75) is 12.8 Å². The highest BCUT2D eigenvalue weighted by atomic mass is 32.1. The summed E-state index contributed by atoms with van der Waals surface area (Å²) in [6, 6.07) is 15.2. The molecule has 0 radical (unpaired) electrons. The number of aromatic nitrogens is 2. The van der Waals surface area contributed by atoms with Crippen LogP contribution in [0.15, 0.2) is 69.9 Å². The lowest BCUT2D eigenvalue weighted by atomic mass is 10.1. The maximum Gasteiger partial charge on any atom is 0.266 e. The highest BCUT2D eigenvalue weighted by Crippen LogP contribution is 2.29. The topological polar surface area (TPSA) is 105 Å². The molecule has 1 aliphatic rings. The minimum absolute atomic E-state index is 0.141. The molecule has 0 bridgehead atoms. The molecule has 0 fully saturated rings. The van der Waals surface area contributed by atoms with Gasteiger partial charge in [0.15, 0.2) is 0 Å². The van der Waals surface area contributed by atoms with Crippen molar-refractivity contribution < 1.29 is 18.9 Å². The van der Waals surface area contributed by atoms with Gasteiger partial charge in [0, 0.05) is 29.5 Å². The maximum atomic E-state index is 12.7. The number of nitrogens with zero attached hydrogens (tertiary/aromatic N) is 3. The van der Waals surface area contributed by atoms with E-state index in [9.17, 15) is 14.4 Å². The summed E-state index contributed by atoms with van der Waals surface area (Å²) < 4.78 is 5.21. The predicted octanol–water partition coefficient (Wildman–Crippen LogP) is 4.17. The number of thiophene rings is 1. The number of rotatable bonds is 6. The van der Waals surface area contributed by atoms with Crippen molar-refractivity contribution in [1.82, 2.24) is 10.1 Å². The van der Waals surface area contributed by atoms with Crippen LogP contribution in [0.2, 0.25) is 0 Å². The highest BCUT2D eigenvalue weighted by Gasteiger charge is 2.36. The molecule has 0 spiro atoms. The lowest BCUT2D eigenvalue weighted by Crippen LogP contribution is -2.29. The van der Waals surface area contributed by atoms with Crippen LogP contribution >= 0.6 is 11.3 Å². The third-order valence-corrected chi connectivity index (χ3v) is 5.68. The molecule has 0 atom stereocenters. The Morgan fingerprint density at radius 3 is 2.53 bits per heavy atom. The molecule has 2 aromatic heterocycles. The first-order chi connectivity index (χ1) is 15.6. The summed E-state index contributed by atoms with van der Waals surface area (Å²) in [6.45, 7) is 0. The summed E-state index contributed by atoms with van der Waals surface area (Å²) >= 11 is 1.54. The molecule has 8 nitrogen and oxygen atoms in total. The standard InChI is InChI=1S/C23H16N4O4S/c28-19(8-9-20-25-21(26-31-20)14-10-11-32-13-14)24-15-4-3-5-16(12-15)27-22(29)17-6-1-2-7-18(17)23(27)30/h1-7,10-13H,8-9H2,(H,24,28). The van der Waals surface area contributed by atoms with Crippen LogP contribution < -0.4 is 10.2 Å². The number of fused-ring (bicyclic) bond motifs is 1. The van der Waals surface area contributed by atoms with Crippen LogP contribution in [0.3, 0.4) is 0 Å². The Kier molecular flexibility index (Phi) is 5.08. The lowest BCUT2D eigenvalue weighted by molar-refractivity contribution is -0.116. The molecule has 0 unspecified atom stereocenters. The number of imide groups is 1. The zero-order chi connectivity index (χ0) is 22.1. The first-order valence-electron chi connectivity index (χ1n) is 9.83. The molecule has 5 rings (SSSR count). The first-order valence-corrected chi connectivity index (χ1v) is 10.8. The predicted molar refractivity (Wildman–Crippen MR) is 119 cm³/mol. The zero-order valence-corrected chi connectivity index (χ0v) is 17.5. The number of hydrogen-bond acceptors (Lipinski definition) is 7. The summed E-state index contributed by atoms with van der Waals surface area (Å²) in [6.07, 6.45) is 0.434. The average molecular weight is 444 g/mol. The van der Waals surface area contributed by atoms with Crippen molar-refractivity contribution >= 4 is 40.4 Å². The molecule has 3 heterocycles. The quantitative estimate of drug-likeness (QED) is 0.448. The van der Waals surface area contributed by atoms with Crippen LogP contribution in [0.1, 0.15) is 33.0 Å². The molecule has 1 aliphatic heterocycles. The van der Waals surface area contributed by atoms with Gasteiger partial charge in [0.25, 0.3) is 11.8 Å². The second-order valence-electron chi connectivity index (χ2n) is 7.11. The molecule has 0 saturated carbocycles. The van der Waals surface area contributed by atoms with Gasteiger partial charge in [-0.05, 0) is 41.8 Å². The summed E-state index contributed by atoms with van der Waals surface area (Å²) in [4.78, 5) is 43.2. The van der Waals surface area contributed by atoms with E-state index in [1.54, 1.807) is 48.5 Å². The SMILES string of the molecule is O=C(CCc1nc(-c2ccsc2)no1)Nc1cccc(N2C(=O)c3ccccc3C2=O)c1. The molecule has 1 N–H and O–H groups in total. The van der Waals surface area contributed by atoms with Crippen LogP contribution in [0, 0.1) is 0 Å². The number of amides is 3. The number of hydrogen-bond donors (Lipinski definition) is 1. The fourth-order valence-corrected chi connectivity index (χ4v) is 4.09. The molecular weight excluding hydrogens is 428 g/mol. The summed E-state index contributed by atoms with van der Waals surface area (Å²) in [5.41, 5.74) is 2.49. The van der Waals surface area contributed by atoms with Crippen molar-refractivity contribution in [1.29, 1.82) is 0 Å². The van der Waals surface area contributed by atoms with E-state index in [1.165, 1.54) is 11.3 Å². The largest absolute Gasteiger partial charge is 0.339 e. The summed E-state index contributed by atoms with van der Waals surface area (Å²) in [5.74, 6) is -0.144. The minimum atomic E-state index is -0.383. The molecule has 32 heavy (non-hydrogen) atoms. The van der Waals surface area contributed by atoms with Crippen molar-refractivity contribution in [3.05, 3.63) is 82.4 Å². The van der Waals surface area contributed by atoms with Gasteiger partial charge in [-0.15, -0.1) is 0 Å². The Hall–Kier alpha value is -4.11. The van der Waals surface area contributed by atoms with Crippen LogP contribution in [-0.4, -0.2) is 27.9 Å². The normalized spacial score (nSPS) is 12.8. The minimum Gasteiger partial charge on any atom is -0.339 e. The van der Waals surface area contributed by atoms with Gasteiger partial charge in [-0.2, -0.15) is 16.3 Å². The van der Waals surface area contributed by atoms with Crippen molar-refractivity contribution in [3.8, 4) is 11.4 Å². The molecule has 3 amide bonds. The number of nitrogens with one attached hydrogen (secondary N) is 1. The van der Waals surface area contributed by atoms with Crippen molar-refractivity contribution in [2.24, 2.45) is 0 Å². The second-order valence-corrected chi connectivity index (χ2v) is 7.89. The van der Waals surface area contributed by atoms with E-state index < -0.39 is 0 Å². The highest BCUT2D eigenvalue weighted by molar-refractivity contribution is 7.08. The van der Waals surface area contributed by atoms with Gasteiger partial charge in [-0.3, -0.25) is 14.4 Å². The van der Waals surface area contributed by atoms with Gasteiger partial charge in [0.1, 0.15) is 0 Å². The van der Waals surface area contributed by atoms with Gasteiger partial charge in [-0.1, -0.05) is 23.4 Å². The number of benzene rings is 2. The van der Waals surface area contributed by atoms with E-state index in [0.29, 0.717) is 40.6 Å². The molecule has 2 aromatic carbocycles. The smallest absolute Gasteiger partial charge is 0.266 e. The van der Waals surface area contributed by atoms with E-state index in [0.717, 1.165) is 10.5 Å². The fraction of sp³-hybridized carbons (Fsp3) is 0.0870. The van der Waals surface area contributed by atoms with Gasteiger partial charge in [-0.25, -0.2) is 4.90 Å². The Balaban J connectivity index is 1.24. The summed E-state index contributed by atoms with van der Waals surface area (Å²) in [7, 11) is 0. The van der Waals surface area contributed by atoms with E-state index >= 15 is 0 Å². The van der Waals surface area contributed by atoms with Gasteiger partial charge in [0.2, 0.25) is 17.6 Å². The zero-order valence-electron chi connectivity index (χ0n) is 16.6. The van der Waals surface area contributed by atoms with Crippen molar-refractivity contribution in [2.75, 3.05) is 10.2 Å². The molecule has 0 aliphatic carbocycles. The Morgan fingerprint density at radius 2 is 1.81 bits per heavy atom. The van der Waals surface area contributed by atoms with Crippen molar-refractivity contribution in [3.63, 3.8) is 0 Å². The number of carbonyl (C=O) groups is 3. The molecule has 0 saturated heterocycles. The van der Waals surface area contributed by atoms with Gasteiger partial charge >= 0.3 is 0 Å². The first kappa shape index (κ1) is 19.8. The van der Waals surface area contributed by atoms with Gasteiger partial charge in [0.05, 0.1) is 16.8 Å². The summed E-state index contributed by atoms with van der Waals surface area (Å²) in [5, 5.41) is 10.6. The Labute approximate surface area is 186 Å². The van der Waals surface area contributed by atoms with Crippen LogP contribution in [0.4, 0.5) is 11.4 Å². The van der Waals surface area contributed by atoms with Gasteiger partial charge < -0.3 is 9.84 Å². The van der Waals surface area contributed by atoms with E-state index in [1.807, 2.05) is 16.8 Å². The average Bonchev–Trinajstić information content (AvgIpc) is 3.54. The number of anilines is 2. The Bertz CT molecular complexity index is 1290. The molecular formula is C23H16N4O4S. The van der Waals surface area contributed by atoms with E-state index in [4.69, 9.17) is 4.52 Å². The van der Waals surface area contributed by atoms with E-state index in [2.05, 4.69) is 15.5 Å². The Morgan fingerprint density at radius 1 is 1.03 bits per heavy atom. The maximum absolute atomic E-state index is 12.7. The van der Waals surface area contributed by atoms with Crippen LogP contribution in [-0.2, 0) is 11.2 Å². The molecule has 4 aromatic rings. The third-order valence-electron chi connectivity index (χ3n) is 5.00.